The first-order chi connectivity index (χ1) is 14.6. The van der Waals surface area contributed by atoms with Crippen molar-refractivity contribution in [2.75, 3.05) is 13.7 Å². The van der Waals surface area contributed by atoms with Gasteiger partial charge in [-0.05, 0) is 61.7 Å². The molecule has 30 heavy (non-hydrogen) atoms. The number of carbonyl (C=O) groups is 1. The number of hydrogen-bond donors (Lipinski definition) is 0. The van der Waals surface area contributed by atoms with Gasteiger partial charge in [-0.25, -0.2) is 9.67 Å². The van der Waals surface area contributed by atoms with Gasteiger partial charge in [-0.3, -0.25) is 4.79 Å². The Morgan fingerprint density at radius 2 is 1.80 bits per heavy atom. The highest BCUT2D eigenvalue weighted by Gasteiger charge is 2.30. The summed E-state index contributed by atoms with van der Waals surface area (Å²) in [6.45, 7) is 2.55. The third-order valence-corrected chi connectivity index (χ3v) is 5.80. The van der Waals surface area contributed by atoms with Crippen LogP contribution in [0.4, 0.5) is 0 Å². The Balaban J connectivity index is 1.64. The van der Waals surface area contributed by atoms with E-state index in [0.717, 1.165) is 42.7 Å². The van der Waals surface area contributed by atoms with Gasteiger partial charge in [0.15, 0.2) is 0 Å². The van der Waals surface area contributed by atoms with Gasteiger partial charge in [-0.2, -0.15) is 0 Å². The highest BCUT2D eigenvalue weighted by atomic mass is 35.5. The van der Waals surface area contributed by atoms with Crippen molar-refractivity contribution in [3.8, 4) is 11.4 Å². The summed E-state index contributed by atoms with van der Waals surface area (Å²) >= 11 is 5.99. The zero-order chi connectivity index (χ0) is 21.1. The van der Waals surface area contributed by atoms with Crippen LogP contribution in [0.2, 0.25) is 5.02 Å². The van der Waals surface area contributed by atoms with Crippen LogP contribution in [0.3, 0.4) is 0 Å². The third-order valence-electron chi connectivity index (χ3n) is 5.55. The van der Waals surface area contributed by atoms with Crippen molar-refractivity contribution in [1.29, 1.82) is 0 Å². The van der Waals surface area contributed by atoms with Crippen molar-refractivity contribution < 1.29 is 9.53 Å². The maximum atomic E-state index is 13.5. The number of likely N-dealkylation sites (tertiary alicyclic amines) is 1. The molecule has 0 radical (unpaired) electrons. The number of rotatable bonds is 4. The van der Waals surface area contributed by atoms with Crippen LogP contribution in [0.5, 0.6) is 5.75 Å². The predicted octanol–water partition coefficient (Wildman–Crippen LogP) is 5.00. The molecule has 6 nitrogen and oxygen atoms in total. The highest BCUT2D eigenvalue weighted by Crippen LogP contribution is 2.32. The molecule has 7 heteroatoms. The number of carbonyl (C=O) groups excluding carboxylic acids is 1. The smallest absolute Gasteiger partial charge is 0.294 e. The number of halogens is 1. The van der Waals surface area contributed by atoms with E-state index < -0.39 is 0 Å². The van der Waals surface area contributed by atoms with Crippen molar-refractivity contribution in [3.05, 3.63) is 70.8 Å². The van der Waals surface area contributed by atoms with E-state index in [4.69, 9.17) is 16.3 Å². The van der Waals surface area contributed by atoms with Gasteiger partial charge in [0, 0.05) is 11.6 Å². The second-order valence-electron chi connectivity index (χ2n) is 7.51. The van der Waals surface area contributed by atoms with Crippen molar-refractivity contribution in [2.45, 2.75) is 38.6 Å². The molecule has 3 aromatic rings. The Kier molecular flexibility index (Phi) is 6.04. The van der Waals surface area contributed by atoms with E-state index in [1.165, 1.54) is 0 Å². The Morgan fingerprint density at radius 3 is 2.50 bits per heavy atom. The molecule has 1 amide bonds. The molecule has 0 spiro atoms. The molecule has 1 aliphatic rings. The van der Waals surface area contributed by atoms with Gasteiger partial charge in [-0.15, -0.1) is 5.10 Å². The summed E-state index contributed by atoms with van der Waals surface area (Å²) in [5.41, 5.74) is 1.94. The van der Waals surface area contributed by atoms with E-state index in [2.05, 4.69) is 10.1 Å². The molecular weight excluding hydrogens is 400 g/mol. The van der Waals surface area contributed by atoms with Crippen LogP contribution in [0, 0.1) is 6.92 Å². The summed E-state index contributed by atoms with van der Waals surface area (Å²) in [6, 6.07) is 15.3. The lowest BCUT2D eigenvalue weighted by molar-refractivity contribution is 0.0668. The summed E-state index contributed by atoms with van der Waals surface area (Å²) in [4.78, 5) is 19.9. The van der Waals surface area contributed by atoms with E-state index in [0.29, 0.717) is 17.4 Å². The van der Waals surface area contributed by atoms with Gasteiger partial charge >= 0.3 is 0 Å². The van der Waals surface area contributed by atoms with Crippen molar-refractivity contribution >= 4 is 17.5 Å². The van der Waals surface area contributed by atoms with Gasteiger partial charge < -0.3 is 9.64 Å². The van der Waals surface area contributed by atoms with Crippen molar-refractivity contribution in [2.24, 2.45) is 0 Å². The zero-order valence-electron chi connectivity index (χ0n) is 17.2. The predicted molar refractivity (Wildman–Crippen MR) is 116 cm³/mol. The largest absolute Gasteiger partial charge is 0.497 e. The summed E-state index contributed by atoms with van der Waals surface area (Å²) in [7, 11) is 1.65. The van der Waals surface area contributed by atoms with Crippen LogP contribution < -0.4 is 4.74 Å². The van der Waals surface area contributed by atoms with Gasteiger partial charge in [0.1, 0.15) is 11.6 Å². The maximum absolute atomic E-state index is 13.5. The van der Waals surface area contributed by atoms with E-state index in [1.807, 2.05) is 48.2 Å². The third kappa shape index (κ3) is 4.19. The zero-order valence-corrected chi connectivity index (χ0v) is 18.0. The first-order valence-electron chi connectivity index (χ1n) is 10.2. The topological polar surface area (TPSA) is 60.2 Å². The number of hydrogen-bond acceptors (Lipinski definition) is 4. The molecule has 0 N–H and O–H groups in total. The van der Waals surface area contributed by atoms with Crippen LogP contribution in [-0.4, -0.2) is 39.2 Å². The Hall–Kier alpha value is -2.86. The molecule has 0 aliphatic carbocycles. The molecule has 1 unspecified atom stereocenters. The average Bonchev–Trinajstić information content (AvgIpc) is 2.99. The summed E-state index contributed by atoms with van der Waals surface area (Å²) in [5.74, 6) is 1.57. The minimum atomic E-state index is -0.131. The number of benzene rings is 2. The molecule has 1 aromatic heterocycles. The van der Waals surface area contributed by atoms with E-state index in [1.54, 1.807) is 23.9 Å². The van der Waals surface area contributed by atoms with Gasteiger partial charge in [0.2, 0.25) is 5.82 Å². The Labute approximate surface area is 181 Å². The Morgan fingerprint density at radius 1 is 1.07 bits per heavy atom. The maximum Gasteiger partial charge on any atom is 0.294 e. The number of aryl methyl sites for hydroxylation is 1. The van der Waals surface area contributed by atoms with Gasteiger partial charge in [0.05, 0.1) is 18.8 Å². The molecule has 1 aliphatic heterocycles. The standard InChI is InChI=1S/C23H25ClN4O2/c1-16-25-22(26-28(16)19-11-9-18(24)10-12-19)23(29)27-15-5-3-4-6-21(27)17-7-13-20(30-2)14-8-17/h7-14,21H,3-6,15H2,1-2H3. The molecule has 1 saturated heterocycles. The summed E-state index contributed by atoms with van der Waals surface area (Å²) in [5, 5.41) is 5.17. The number of aromatic nitrogens is 3. The normalized spacial score (nSPS) is 16.9. The average molecular weight is 425 g/mol. The minimum absolute atomic E-state index is 0.00805. The lowest BCUT2D eigenvalue weighted by Gasteiger charge is -2.29. The van der Waals surface area contributed by atoms with Gasteiger partial charge in [-0.1, -0.05) is 36.6 Å². The lowest BCUT2D eigenvalue weighted by Crippen LogP contribution is -2.35. The molecule has 0 saturated carbocycles. The van der Waals surface area contributed by atoms with Crippen molar-refractivity contribution in [1.82, 2.24) is 19.7 Å². The molecule has 1 atom stereocenters. The van der Waals surface area contributed by atoms with Crippen LogP contribution in [0.25, 0.3) is 5.69 Å². The molecule has 2 aromatic carbocycles. The molecule has 156 valence electrons. The second kappa shape index (κ2) is 8.88. The fourth-order valence-corrected chi connectivity index (χ4v) is 4.09. The Bertz CT molecular complexity index is 1010. The molecule has 0 bridgehead atoms. The molecule has 1 fully saturated rings. The summed E-state index contributed by atoms with van der Waals surface area (Å²) in [6.07, 6.45) is 4.11. The number of amides is 1. The molecule has 4 rings (SSSR count). The van der Waals surface area contributed by atoms with Crippen LogP contribution >= 0.6 is 11.6 Å². The van der Waals surface area contributed by atoms with Crippen LogP contribution in [0.15, 0.2) is 48.5 Å². The van der Waals surface area contributed by atoms with E-state index in [-0.39, 0.29) is 17.8 Å². The quantitative estimate of drug-likeness (QED) is 0.591. The van der Waals surface area contributed by atoms with E-state index in [9.17, 15) is 4.79 Å². The SMILES string of the molecule is COc1ccc(C2CCCCCN2C(=O)c2nc(C)n(-c3ccc(Cl)cc3)n2)cc1. The lowest BCUT2D eigenvalue weighted by atomic mass is 10.0. The number of nitrogens with zero attached hydrogens (tertiary/aromatic N) is 4. The monoisotopic (exact) mass is 424 g/mol. The number of ether oxygens (including phenoxy) is 1. The van der Waals surface area contributed by atoms with E-state index >= 15 is 0 Å². The van der Waals surface area contributed by atoms with Crippen molar-refractivity contribution in [3.63, 3.8) is 0 Å². The number of methoxy groups -OCH3 is 1. The minimum Gasteiger partial charge on any atom is -0.497 e. The fourth-order valence-electron chi connectivity index (χ4n) is 3.96. The first-order valence-corrected chi connectivity index (χ1v) is 10.6. The first kappa shape index (κ1) is 20.4. The second-order valence-corrected chi connectivity index (χ2v) is 7.94. The molecule has 2 heterocycles. The molecular formula is C23H25ClN4O2. The van der Waals surface area contributed by atoms with Crippen LogP contribution in [-0.2, 0) is 0 Å². The van der Waals surface area contributed by atoms with Crippen LogP contribution in [0.1, 0.15) is 53.7 Å². The highest BCUT2D eigenvalue weighted by molar-refractivity contribution is 6.30. The summed E-state index contributed by atoms with van der Waals surface area (Å²) < 4.78 is 6.96. The van der Waals surface area contributed by atoms with Gasteiger partial charge in [0.25, 0.3) is 5.91 Å². The fraction of sp³-hybridized carbons (Fsp3) is 0.348.